The lowest BCUT2D eigenvalue weighted by atomic mass is 9.98. The molecule has 33 heavy (non-hydrogen) atoms. The first-order valence-electron chi connectivity index (χ1n) is 10.9. The summed E-state index contributed by atoms with van der Waals surface area (Å²) in [5.41, 5.74) is 2.38. The Morgan fingerprint density at radius 3 is 2.39 bits per heavy atom. The fraction of sp³-hybridized carbons (Fsp3) is 0.185. The van der Waals surface area contributed by atoms with E-state index in [9.17, 15) is 14.7 Å². The standard InChI is InChI=1S/C27H23NO5/c29-16-6-15-28-24(19-11-13-20(14-12-19)32-17-18-7-2-1-3-8-18)23-25(30)21-9-4-5-10-22(21)33-26(23)27(28)31/h1-5,7-14,24,29H,6,15-17H2. The van der Waals surface area contributed by atoms with Crippen LogP contribution in [0.4, 0.5) is 0 Å². The third kappa shape index (κ3) is 3.90. The second-order valence-electron chi connectivity index (χ2n) is 7.99. The first-order valence-corrected chi connectivity index (χ1v) is 10.9. The third-order valence-corrected chi connectivity index (χ3v) is 5.87. The molecule has 0 radical (unpaired) electrons. The quantitative estimate of drug-likeness (QED) is 0.463. The molecule has 1 aliphatic heterocycles. The molecule has 166 valence electrons. The van der Waals surface area contributed by atoms with Gasteiger partial charge in [-0.25, -0.2) is 0 Å². The number of rotatable bonds is 7. The number of fused-ring (bicyclic) bond motifs is 2. The topological polar surface area (TPSA) is 80.0 Å². The zero-order valence-corrected chi connectivity index (χ0v) is 17.9. The Bertz CT molecular complexity index is 1340. The zero-order chi connectivity index (χ0) is 22.8. The van der Waals surface area contributed by atoms with Crippen molar-refractivity contribution in [3.05, 3.63) is 112 Å². The average molecular weight is 441 g/mol. The van der Waals surface area contributed by atoms with Gasteiger partial charge in [-0.05, 0) is 41.8 Å². The summed E-state index contributed by atoms with van der Waals surface area (Å²) in [5.74, 6) is 0.432. The number of benzene rings is 3. The number of hydrogen-bond donors (Lipinski definition) is 1. The summed E-state index contributed by atoms with van der Waals surface area (Å²) in [7, 11) is 0. The van der Waals surface area contributed by atoms with Crippen molar-refractivity contribution in [1.29, 1.82) is 0 Å². The smallest absolute Gasteiger partial charge is 0.290 e. The molecule has 0 saturated heterocycles. The van der Waals surface area contributed by atoms with Crippen LogP contribution in [-0.4, -0.2) is 29.1 Å². The number of amides is 1. The Morgan fingerprint density at radius 1 is 0.909 bits per heavy atom. The highest BCUT2D eigenvalue weighted by Crippen LogP contribution is 2.38. The molecule has 0 fully saturated rings. The van der Waals surface area contributed by atoms with Crippen LogP contribution in [0.3, 0.4) is 0 Å². The molecule has 6 heteroatoms. The second kappa shape index (κ2) is 8.92. The van der Waals surface area contributed by atoms with Gasteiger partial charge in [-0.3, -0.25) is 9.59 Å². The Balaban J connectivity index is 1.51. The molecule has 2 heterocycles. The molecule has 1 aliphatic rings. The Kier molecular flexibility index (Phi) is 5.67. The normalized spacial score (nSPS) is 15.1. The second-order valence-corrected chi connectivity index (χ2v) is 7.99. The number of carbonyl (C=O) groups is 1. The van der Waals surface area contributed by atoms with Crippen LogP contribution in [0.2, 0.25) is 0 Å². The third-order valence-electron chi connectivity index (χ3n) is 5.87. The molecular formula is C27H23NO5. The van der Waals surface area contributed by atoms with Gasteiger partial charge in [0.15, 0.2) is 5.43 Å². The van der Waals surface area contributed by atoms with Gasteiger partial charge in [-0.15, -0.1) is 0 Å². The summed E-state index contributed by atoms with van der Waals surface area (Å²) < 4.78 is 11.8. The summed E-state index contributed by atoms with van der Waals surface area (Å²) in [6.07, 6.45) is 0.405. The highest BCUT2D eigenvalue weighted by atomic mass is 16.5. The fourth-order valence-corrected chi connectivity index (χ4v) is 4.27. The lowest BCUT2D eigenvalue weighted by Crippen LogP contribution is -2.31. The van der Waals surface area contributed by atoms with Gasteiger partial charge in [-0.1, -0.05) is 54.6 Å². The van der Waals surface area contributed by atoms with E-state index in [0.29, 0.717) is 41.9 Å². The maximum absolute atomic E-state index is 13.4. The minimum atomic E-state index is -0.580. The van der Waals surface area contributed by atoms with Crippen LogP contribution in [0, 0.1) is 0 Å². The molecule has 1 N–H and O–H groups in total. The lowest BCUT2D eigenvalue weighted by Gasteiger charge is -2.25. The maximum Gasteiger partial charge on any atom is 0.290 e. The highest BCUT2D eigenvalue weighted by molar-refractivity contribution is 5.99. The summed E-state index contributed by atoms with van der Waals surface area (Å²) in [6.45, 7) is 0.706. The monoisotopic (exact) mass is 441 g/mol. The van der Waals surface area contributed by atoms with E-state index in [1.54, 1.807) is 29.2 Å². The van der Waals surface area contributed by atoms with Crippen molar-refractivity contribution in [1.82, 2.24) is 4.90 Å². The molecule has 1 unspecified atom stereocenters. The van der Waals surface area contributed by atoms with Crippen LogP contribution in [0.25, 0.3) is 11.0 Å². The highest BCUT2D eigenvalue weighted by Gasteiger charge is 2.42. The van der Waals surface area contributed by atoms with Gasteiger partial charge in [0.05, 0.1) is 17.0 Å². The van der Waals surface area contributed by atoms with E-state index in [4.69, 9.17) is 9.15 Å². The maximum atomic E-state index is 13.4. The van der Waals surface area contributed by atoms with Crippen LogP contribution in [0.15, 0.2) is 88.1 Å². The molecule has 3 aromatic carbocycles. The Labute approximate surface area is 190 Å². The van der Waals surface area contributed by atoms with E-state index in [2.05, 4.69) is 0 Å². The molecule has 0 spiro atoms. The van der Waals surface area contributed by atoms with Crippen molar-refractivity contribution in [3.8, 4) is 5.75 Å². The van der Waals surface area contributed by atoms with Crippen molar-refractivity contribution in [3.63, 3.8) is 0 Å². The van der Waals surface area contributed by atoms with Crippen LogP contribution in [0.1, 0.15) is 39.7 Å². The van der Waals surface area contributed by atoms with E-state index in [-0.39, 0.29) is 23.7 Å². The molecule has 1 aromatic heterocycles. The van der Waals surface area contributed by atoms with Crippen molar-refractivity contribution in [2.45, 2.75) is 19.1 Å². The molecule has 1 amide bonds. The number of hydrogen-bond acceptors (Lipinski definition) is 5. The average Bonchev–Trinajstić information content (AvgIpc) is 3.14. The van der Waals surface area contributed by atoms with Crippen LogP contribution in [-0.2, 0) is 6.61 Å². The predicted octanol–water partition coefficient (Wildman–Crippen LogP) is 4.30. The van der Waals surface area contributed by atoms with E-state index < -0.39 is 6.04 Å². The molecule has 0 saturated carbocycles. The van der Waals surface area contributed by atoms with E-state index in [1.807, 2.05) is 54.6 Å². The van der Waals surface area contributed by atoms with E-state index in [1.165, 1.54) is 0 Å². The van der Waals surface area contributed by atoms with Crippen molar-refractivity contribution in [2.24, 2.45) is 0 Å². The summed E-state index contributed by atoms with van der Waals surface area (Å²) in [6, 6.07) is 23.7. The van der Waals surface area contributed by atoms with Crippen LogP contribution < -0.4 is 10.2 Å². The van der Waals surface area contributed by atoms with Crippen molar-refractivity contribution >= 4 is 16.9 Å². The molecule has 4 aromatic rings. The fourth-order valence-electron chi connectivity index (χ4n) is 4.27. The minimum absolute atomic E-state index is 0.0531. The molecule has 0 aliphatic carbocycles. The molecule has 1 atom stereocenters. The Hall–Kier alpha value is -3.90. The van der Waals surface area contributed by atoms with Crippen molar-refractivity contribution in [2.75, 3.05) is 13.2 Å². The zero-order valence-electron chi connectivity index (χ0n) is 17.9. The van der Waals surface area contributed by atoms with E-state index in [0.717, 1.165) is 11.1 Å². The summed E-state index contributed by atoms with van der Waals surface area (Å²) in [4.78, 5) is 28.2. The van der Waals surface area contributed by atoms with Crippen LogP contribution >= 0.6 is 0 Å². The van der Waals surface area contributed by atoms with Gasteiger partial charge >= 0.3 is 0 Å². The summed E-state index contributed by atoms with van der Waals surface area (Å²) in [5, 5.41) is 9.79. The van der Waals surface area contributed by atoms with E-state index >= 15 is 0 Å². The SMILES string of the molecule is O=C1c2oc3ccccc3c(=O)c2C(c2ccc(OCc3ccccc3)cc2)N1CCCO. The molecule has 5 rings (SSSR count). The minimum Gasteiger partial charge on any atom is -0.489 e. The number of aliphatic hydroxyl groups is 1. The van der Waals surface area contributed by atoms with Crippen LogP contribution in [0.5, 0.6) is 5.75 Å². The number of carbonyl (C=O) groups excluding carboxylic acids is 1. The molecule has 6 nitrogen and oxygen atoms in total. The number of nitrogens with zero attached hydrogens (tertiary/aromatic N) is 1. The van der Waals surface area contributed by atoms with Crippen molar-refractivity contribution < 1.29 is 19.1 Å². The van der Waals surface area contributed by atoms with Gasteiger partial charge in [0.2, 0.25) is 5.76 Å². The first-order chi connectivity index (χ1) is 16.2. The first kappa shape index (κ1) is 21.0. The van der Waals surface area contributed by atoms with Gasteiger partial charge in [0, 0.05) is 13.2 Å². The lowest BCUT2D eigenvalue weighted by molar-refractivity contribution is 0.0716. The predicted molar refractivity (Wildman–Crippen MR) is 124 cm³/mol. The van der Waals surface area contributed by atoms with Gasteiger partial charge < -0.3 is 19.2 Å². The van der Waals surface area contributed by atoms with Gasteiger partial charge in [-0.2, -0.15) is 0 Å². The number of para-hydroxylation sites is 1. The number of aliphatic hydroxyl groups excluding tert-OH is 1. The van der Waals surface area contributed by atoms with Gasteiger partial charge in [0.25, 0.3) is 5.91 Å². The summed E-state index contributed by atoms with van der Waals surface area (Å²) >= 11 is 0. The van der Waals surface area contributed by atoms with Gasteiger partial charge in [0.1, 0.15) is 17.9 Å². The molecular weight excluding hydrogens is 418 g/mol. The molecule has 0 bridgehead atoms. The number of ether oxygens (including phenoxy) is 1. The largest absolute Gasteiger partial charge is 0.489 e. The Morgan fingerprint density at radius 2 is 1.64 bits per heavy atom.